The van der Waals surface area contributed by atoms with E-state index in [4.69, 9.17) is 0 Å². The van der Waals surface area contributed by atoms with Gasteiger partial charge in [0.15, 0.2) is 5.82 Å². The van der Waals surface area contributed by atoms with Crippen LogP contribution in [0.3, 0.4) is 0 Å². The fourth-order valence-electron chi connectivity index (χ4n) is 4.09. The minimum Gasteiger partial charge on any atom is -0.369 e. The lowest BCUT2D eigenvalue weighted by Gasteiger charge is -2.36. The van der Waals surface area contributed by atoms with Crippen LogP contribution in [0, 0.1) is 6.92 Å². The van der Waals surface area contributed by atoms with Crippen molar-refractivity contribution < 1.29 is 13.6 Å². The number of aryl methyl sites for hydroxylation is 1. The number of piperazine rings is 1. The Morgan fingerprint density at radius 2 is 1.94 bits per heavy atom. The van der Waals surface area contributed by atoms with E-state index in [1.807, 2.05) is 0 Å². The first-order chi connectivity index (χ1) is 15.5. The highest BCUT2D eigenvalue weighted by atomic mass is 19.3. The van der Waals surface area contributed by atoms with Crippen molar-refractivity contribution in [2.75, 3.05) is 44.2 Å². The summed E-state index contributed by atoms with van der Waals surface area (Å²) in [5.74, 6) is -0.580. The third-order valence-electron chi connectivity index (χ3n) is 5.89. The second kappa shape index (κ2) is 10.1. The molecule has 3 aromatic rings. The Labute approximate surface area is 186 Å². The van der Waals surface area contributed by atoms with Gasteiger partial charge in [-0.05, 0) is 62.2 Å². The van der Waals surface area contributed by atoms with Gasteiger partial charge in [-0.1, -0.05) is 12.1 Å². The van der Waals surface area contributed by atoms with E-state index in [2.05, 4.69) is 56.3 Å². The first-order valence-corrected chi connectivity index (χ1v) is 11.1. The van der Waals surface area contributed by atoms with Crippen LogP contribution in [0.2, 0.25) is 0 Å². The lowest BCUT2D eigenvalue weighted by Crippen LogP contribution is -2.46. The number of rotatable bonds is 8. The van der Waals surface area contributed by atoms with Crippen molar-refractivity contribution in [2.45, 2.75) is 26.2 Å². The zero-order valence-corrected chi connectivity index (χ0v) is 18.3. The van der Waals surface area contributed by atoms with Gasteiger partial charge in [-0.15, -0.1) is 0 Å². The maximum atomic E-state index is 12.8. The van der Waals surface area contributed by atoms with E-state index >= 15 is 0 Å². The second-order valence-electron chi connectivity index (χ2n) is 8.29. The van der Waals surface area contributed by atoms with E-state index < -0.39 is 6.43 Å². The van der Waals surface area contributed by atoms with Crippen molar-refractivity contribution in [3.63, 3.8) is 0 Å². The number of alkyl halides is 2. The predicted molar refractivity (Wildman–Crippen MR) is 122 cm³/mol. The molecule has 0 saturated carbocycles. The third-order valence-corrected chi connectivity index (χ3v) is 5.89. The molecular formula is C24H29F2N5O. The van der Waals surface area contributed by atoms with Gasteiger partial charge in [0, 0.05) is 44.0 Å². The number of hydrogen-bond donors (Lipinski definition) is 2. The van der Waals surface area contributed by atoms with Crippen LogP contribution in [0.1, 0.15) is 41.0 Å². The molecule has 8 heteroatoms. The molecule has 170 valence electrons. The van der Waals surface area contributed by atoms with E-state index in [9.17, 15) is 13.6 Å². The summed E-state index contributed by atoms with van der Waals surface area (Å²) in [5, 5.41) is 2.92. The van der Waals surface area contributed by atoms with E-state index in [1.54, 1.807) is 18.2 Å². The number of imidazole rings is 1. The molecule has 0 radical (unpaired) electrons. The van der Waals surface area contributed by atoms with Crippen LogP contribution in [-0.4, -0.2) is 60.0 Å². The molecule has 0 spiro atoms. The van der Waals surface area contributed by atoms with Crippen molar-refractivity contribution in [3.8, 4) is 0 Å². The normalized spacial score (nSPS) is 14.9. The van der Waals surface area contributed by atoms with Crippen molar-refractivity contribution >= 4 is 22.6 Å². The number of anilines is 1. The van der Waals surface area contributed by atoms with Gasteiger partial charge >= 0.3 is 0 Å². The first-order valence-electron chi connectivity index (χ1n) is 11.1. The highest BCUT2D eigenvalue weighted by molar-refractivity contribution is 5.97. The second-order valence-corrected chi connectivity index (χ2v) is 8.29. The fraction of sp³-hybridized carbons (Fsp3) is 0.417. The average Bonchev–Trinajstić information content (AvgIpc) is 3.23. The summed E-state index contributed by atoms with van der Waals surface area (Å²) in [5.41, 5.74) is 3.90. The Hall–Kier alpha value is -3.00. The maximum absolute atomic E-state index is 12.8. The Morgan fingerprint density at radius 1 is 1.12 bits per heavy atom. The number of nitrogens with zero attached hydrogens (tertiary/aromatic N) is 3. The van der Waals surface area contributed by atoms with Crippen LogP contribution in [0.15, 0.2) is 42.5 Å². The number of fused-ring (bicyclic) bond motifs is 1. The number of aromatic nitrogens is 2. The standard InChI is InChI=1S/C24H29F2N5O/c1-17-5-4-6-19(15-17)31-13-11-30(12-14-31)10-3-2-9-27-24(32)18-7-8-20-21(16-18)29-23(28-20)22(25)26/h4-8,15-16,22H,2-3,9-14H2,1H3,(H,27,32)(H,28,29). The van der Waals surface area contributed by atoms with Crippen LogP contribution in [0.25, 0.3) is 11.0 Å². The molecule has 0 aliphatic carbocycles. The monoisotopic (exact) mass is 441 g/mol. The van der Waals surface area contributed by atoms with Crippen molar-refractivity contribution in [2.24, 2.45) is 0 Å². The van der Waals surface area contributed by atoms with Gasteiger partial charge in [-0.3, -0.25) is 9.69 Å². The van der Waals surface area contributed by atoms with Crippen LogP contribution in [-0.2, 0) is 0 Å². The molecule has 4 rings (SSSR count). The Morgan fingerprint density at radius 3 is 2.69 bits per heavy atom. The van der Waals surface area contributed by atoms with Crippen molar-refractivity contribution in [3.05, 3.63) is 59.4 Å². The van der Waals surface area contributed by atoms with E-state index in [0.717, 1.165) is 45.6 Å². The van der Waals surface area contributed by atoms with Crippen LogP contribution >= 0.6 is 0 Å². The number of aromatic amines is 1. The molecule has 1 aliphatic rings. The summed E-state index contributed by atoms with van der Waals surface area (Å²) in [6.07, 6.45) is -0.751. The molecule has 1 saturated heterocycles. The van der Waals surface area contributed by atoms with Crippen LogP contribution < -0.4 is 10.2 Å². The number of benzene rings is 2. The summed E-state index contributed by atoms with van der Waals surface area (Å²) in [6, 6.07) is 13.4. The lowest BCUT2D eigenvalue weighted by atomic mass is 10.1. The third kappa shape index (κ3) is 5.43. The number of nitrogens with one attached hydrogen (secondary N) is 2. The molecule has 0 atom stereocenters. The number of halogens is 2. The highest BCUT2D eigenvalue weighted by Gasteiger charge is 2.17. The van der Waals surface area contributed by atoms with Gasteiger partial charge < -0.3 is 15.2 Å². The summed E-state index contributed by atoms with van der Waals surface area (Å²) in [4.78, 5) is 23.7. The molecule has 1 fully saturated rings. The van der Waals surface area contributed by atoms with Gasteiger partial charge in [0.25, 0.3) is 12.3 Å². The predicted octanol–water partition coefficient (Wildman–Crippen LogP) is 4.14. The fourth-order valence-corrected chi connectivity index (χ4v) is 4.09. The summed E-state index contributed by atoms with van der Waals surface area (Å²) in [6.45, 7) is 7.89. The maximum Gasteiger partial charge on any atom is 0.295 e. The SMILES string of the molecule is Cc1cccc(N2CCN(CCCCNC(=O)c3ccc4nc(C(F)F)[nH]c4c3)CC2)c1. The molecular weight excluding hydrogens is 412 g/mol. The molecule has 6 nitrogen and oxygen atoms in total. The zero-order chi connectivity index (χ0) is 22.5. The average molecular weight is 442 g/mol. The quantitative estimate of drug-likeness (QED) is 0.516. The summed E-state index contributed by atoms with van der Waals surface area (Å²) >= 11 is 0. The number of carbonyl (C=O) groups is 1. The van der Waals surface area contributed by atoms with Crippen LogP contribution in [0.4, 0.5) is 14.5 Å². The Bertz CT molecular complexity index is 1060. The number of H-pyrrole nitrogens is 1. The van der Waals surface area contributed by atoms with Gasteiger partial charge in [0.05, 0.1) is 11.0 Å². The van der Waals surface area contributed by atoms with E-state index in [-0.39, 0.29) is 11.7 Å². The molecule has 1 aliphatic heterocycles. The minimum atomic E-state index is -2.66. The number of hydrogen-bond acceptors (Lipinski definition) is 4. The largest absolute Gasteiger partial charge is 0.369 e. The van der Waals surface area contributed by atoms with Crippen molar-refractivity contribution in [1.82, 2.24) is 20.2 Å². The summed E-state index contributed by atoms with van der Waals surface area (Å²) in [7, 11) is 0. The minimum absolute atomic E-state index is 0.202. The van der Waals surface area contributed by atoms with Gasteiger partial charge in [-0.2, -0.15) is 0 Å². The Kier molecular flexibility index (Phi) is 6.99. The molecule has 1 amide bonds. The highest BCUT2D eigenvalue weighted by Crippen LogP contribution is 2.21. The Balaban J connectivity index is 1.16. The van der Waals surface area contributed by atoms with Gasteiger partial charge in [-0.25, -0.2) is 13.8 Å². The van der Waals surface area contributed by atoms with Crippen LogP contribution in [0.5, 0.6) is 0 Å². The molecule has 1 aromatic heterocycles. The van der Waals surface area contributed by atoms with E-state index in [0.29, 0.717) is 23.1 Å². The lowest BCUT2D eigenvalue weighted by molar-refractivity contribution is 0.0952. The molecule has 2 heterocycles. The number of unbranched alkanes of at least 4 members (excludes halogenated alkanes) is 1. The summed E-state index contributed by atoms with van der Waals surface area (Å²) < 4.78 is 25.5. The van der Waals surface area contributed by atoms with Gasteiger partial charge in [0.2, 0.25) is 0 Å². The van der Waals surface area contributed by atoms with Gasteiger partial charge in [0.1, 0.15) is 0 Å². The van der Waals surface area contributed by atoms with Crippen molar-refractivity contribution in [1.29, 1.82) is 0 Å². The number of amides is 1. The number of carbonyl (C=O) groups excluding carboxylic acids is 1. The molecule has 2 N–H and O–H groups in total. The molecule has 32 heavy (non-hydrogen) atoms. The zero-order valence-electron chi connectivity index (χ0n) is 18.3. The van der Waals surface area contributed by atoms with E-state index in [1.165, 1.54) is 11.3 Å². The molecule has 0 unspecified atom stereocenters. The smallest absolute Gasteiger partial charge is 0.295 e. The first kappa shape index (κ1) is 22.2. The topological polar surface area (TPSA) is 64.3 Å². The molecule has 2 aromatic carbocycles. The molecule has 0 bridgehead atoms.